The van der Waals surface area contributed by atoms with Gasteiger partial charge in [0.25, 0.3) is 5.91 Å². The van der Waals surface area contributed by atoms with Crippen molar-refractivity contribution in [2.75, 3.05) is 42.9 Å². The van der Waals surface area contributed by atoms with Crippen LogP contribution in [0.2, 0.25) is 0 Å². The molecule has 3 heterocycles. The van der Waals surface area contributed by atoms with Gasteiger partial charge in [0.1, 0.15) is 10.7 Å². The molecule has 3 rings (SSSR count). The van der Waals surface area contributed by atoms with Crippen LogP contribution in [-0.2, 0) is 0 Å². The molecule has 1 N–H and O–H groups in total. The fourth-order valence-electron chi connectivity index (χ4n) is 2.48. The number of piperazine rings is 1. The smallest absolute Gasteiger partial charge is 0.267 e. The molecule has 1 fully saturated rings. The Labute approximate surface area is 138 Å². The number of aromatic nitrogens is 4. The molecule has 0 saturated carbocycles. The Bertz CT molecular complexity index is 664. The molecule has 0 atom stereocenters. The van der Waals surface area contributed by atoms with Crippen LogP contribution in [0, 0.1) is 6.92 Å². The van der Waals surface area contributed by atoms with Gasteiger partial charge in [0, 0.05) is 32.7 Å². The molecule has 9 heteroatoms. The fourth-order valence-corrected chi connectivity index (χ4v) is 3.10. The molecule has 0 aliphatic carbocycles. The minimum atomic E-state index is 0.0192. The lowest BCUT2D eigenvalue weighted by molar-refractivity contribution is 0.0750. The molecule has 1 aliphatic heterocycles. The predicted molar refractivity (Wildman–Crippen MR) is 89.0 cm³/mol. The number of carbonyl (C=O) groups excluding carboxylic acids is 1. The summed E-state index contributed by atoms with van der Waals surface area (Å²) in [5, 5.41) is 15.4. The van der Waals surface area contributed by atoms with Crippen LogP contribution < -0.4 is 10.2 Å². The topological polar surface area (TPSA) is 87.1 Å². The fraction of sp³-hybridized carbons (Fsp3) is 0.500. The quantitative estimate of drug-likeness (QED) is 0.894. The molecular formula is C14H19N7OS. The van der Waals surface area contributed by atoms with Crippen molar-refractivity contribution in [3.63, 3.8) is 0 Å². The second kappa shape index (κ2) is 6.86. The number of carbonyl (C=O) groups is 1. The Kier molecular flexibility index (Phi) is 4.65. The van der Waals surface area contributed by atoms with E-state index in [1.165, 1.54) is 0 Å². The second-order valence-electron chi connectivity index (χ2n) is 5.27. The van der Waals surface area contributed by atoms with Crippen LogP contribution in [-0.4, -0.2) is 63.3 Å². The van der Waals surface area contributed by atoms with Gasteiger partial charge in [0.2, 0.25) is 0 Å². The van der Waals surface area contributed by atoms with Crippen molar-refractivity contribution in [1.29, 1.82) is 0 Å². The molecule has 8 nitrogen and oxygen atoms in total. The molecule has 1 amide bonds. The number of nitrogens with one attached hydrogen (secondary N) is 1. The SMILES string of the molecule is CCNc1ccc(N2CCN(C(=O)c3snnc3C)CC2)nn1. The number of hydrogen-bond acceptors (Lipinski definition) is 8. The van der Waals surface area contributed by atoms with Gasteiger partial charge < -0.3 is 15.1 Å². The van der Waals surface area contributed by atoms with Crippen molar-refractivity contribution < 1.29 is 4.79 Å². The third-order valence-corrected chi connectivity index (χ3v) is 4.56. The maximum Gasteiger partial charge on any atom is 0.267 e. The maximum absolute atomic E-state index is 12.4. The second-order valence-corrected chi connectivity index (χ2v) is 6.03. The van der Waals surface area contributed by atoms with Crippen LogP contribution in [0.5, 0.6) is 0 Å². The molecule has 0 unspecified atom stereocenters. The van der Waals surface area contributed by atoms with E-state index in [0.717, 1.165) is 42.8 Å². The zero-order valence-electron chi connectivity index (χ0n) is 13.2. The molecule has 23 heavy (non-hydrogen) atoms. The first-order chi connectivity index (χ1) is 11.2. The Morgan fingerprint density at radius 1 is 1.22 bits per heavy atom. The Balaban J connectivity index is 1.60. The van der Waals surface area contributed by atoms with Gasteiger partial charge >= 0.3 is 0 Å². The number of rotatable bonds is 4. The maximum atomic E-state index is 12.4. The molecule has 2 aromatic rings. The van der Waals surface area contributed by atoms with Crippen LogP contribution in [0.4, 0.5) is 11.6 Å². The summed E-state index contributed by atoms with van der Waals surface area (Å²) < 4.78 is 3.83. The summed E-state index contributed by atoms with van der Waals surface area (Å²) in [7, 11) is 0. The van der Waals surface area contributed by atoms with Crippen LogP contribution in [0.25, 0.3) is 0 Å². The lowest BCUT2D eigenvalue weighted by atomic mass is 10.2. The Hall–Kier alpha value is -2.29. The highest BCUT2D eigenvalue weighted by atomic mass is 32.1. The molecule has 0 bridgehead atoms. The van der Waals surface area contributed by atoms with E-state index in [1.807, 2.05) is 30.9 Å². The summed E-state index contributed by atoms with van der Waals surface area (Å²) in [5.41, 5.74) is 0.701. The van der Waals surface area contributed by atoms with E-state index in [0.29, 0.717) is 23.7 Å². The zero-order valence-corrected chi connectivity index (χ0v) is 14.0. The molecule has 0 aromatic carbocycles. The van der Waals surface area contributed by atoms with Crippen molar-refractivity contribution in [3.8, 4) is 0 Å². The van der Waals surface area contributed by atoms with Gasteiger partial charge in [0.05, 0.1) is 5.69 Å². The lowest BCUT2D eigenvalue weighted by Gasteiger charge is -2.34. The number of amides is 1. The van der Waals surface area contributed by atoms with Crippen molar-refractivity contribution in [1.82, 2.24) is 24.7 Å². The summed E-state index contributed by atoms with van der Waals surface area (Å²) in [6, 6.07) is 3.88. The van der Waals surface area contributed by atoms with Crippen molar-refractivity contribution >= 4 is 29.1 Å². The monoisotopic (exact) mass is 333 g/mol. The number of hydrogen-bond donors (Lipinski definition) is 1. The highest BCUT2D eigenvalue weighted by molar-refractivity contribution is 7.07. The van der Waals surface area contributed by atoms with E-state index < -0.39 is 0 Å². The first kappa shape index (κ1) is 15.6. The van der Waals surface area contributed by atoms with E-state index in [-0.39, 0.29) is 5.91 Å². The lowest BCUT2D eigenvalue weighted by Crippen LogP contribution is -2.49. The Morgan fingerprint density at radius 2 is 2.00 bits per heavy atom. The summed E-state index contributed by atoms with van der Waals surface area (Å²) in [6.07, 6.45) is 0. The van der Waals surface area contributed by atoms with E-state index in [9.17, 15) is 4.79 Å². The van der Waals surface area contributed by atoms with Gasteiger partial charge in [-0.15, -0.1) is 15.3 Å². The van der Waals surface area contributed by atoms with E-state index in [4.69, 9.17) is 0 Å². The molecule has 0 spiro atoms. The standard InChI is InChI=1S/C14H19N7OS/c1-3-15-11-4-5-12(18-17-11)20-6-8-21(9-7-20)14(22)13-10(2)16-19-23-13/h4-5H,3,6-9H2,1-2H3,(H,15,17). The minimum absolute atomic E-state index is 0.0192. The first-order valence-corrected chi connectivity index (χ1v) is 8.37. The van der Waals surface area contributed by atoms with Crippen molar-refractivity contribution in [2.24, 2.45) is 0 Å². The van der Waals surface area contributed by atoms with Crippen LogP contribution in [0.3, 0.4) is 0 Å². The van der Waals surface area contributed by atoms with Crippen molar-refractivity contribution in [3.05, 3.63) is 22.7 Å². The largest absolute Gasteiger partial charge is 0.369 e. The zero-order chi connectivity index (χ0) is 16.2. The molecular weight excluding hydrogens is 314 g/mol. The summed E-state index contributed by atoms with van der Waals surface area (Å²) in [5.74, 6) is 1.64. The number of anilines is 2. The van der Waals surface area contributed by atoms with Gasteiger partial charge in [-0.2, -0.15) is 0 Å². The normalized spacial score (nSPS) is 14.9. The van der Waals surface area contributed by atoms with E-state index in [1.54, 1.807) is 0 Å². The Morgan fingerprint density at radius 3 is 2.57 bits per heavy atom. The van der Waals surface area contributed by atoms with Crippen molar-refractivity contribution in [2.45, 2.75) is 13.8 Å². The summed E-state index contributed by atoms with van der Waals surface area (Å²) >= 11 is 1.16. The third-order valence-electron chi connectivity index (χ3n) is 3.75. The van der Waals surface area contributed by atoms with Crippen LogP contribution in [0.1, 0.15) is 22.3 Å². The third kappa shape index (κ3) is 3.39. The van der Waals surface area contributed by atoms with Gasteiger partial charge in [0.15, 0.2) is 5.82 Å². The van der Waals surface area contributed by atoms with Gasteiger partial charge in [-0.25, -0.2) is 0 Å². The van der Waals surface area contributed by atoms with Crippen LogP contribution in [0.15, 0.2) is 12.1 Å². The molecule has 0 radical (unpaired) electrons. The number of aryl methyl sites for hydroxylation is 1. The summed E-state index contributed by atoms with van der Waals surface area (Å²) in [6.45, 7) is 7.46. The van der Waals surface area contributed by atoms with Gasteiger partial charge in [-0.05, 0) is 37.5 Å². The molecule has 122 valence electrons. The molecule has 1 saturated heterocycles. The van der Waals surface area contributed by atoms with Gasteiger partial charge in [-0.3, -0.25) is 4.79 Å². The first-order valence-electron chi connectivity index (χ1n) is 7.60. The van der Waals surface area contributed by atoms with E-state index >= 15 is 0 Å². The molecule has 2 aromatic heterocycles. The predicted octanol–water partition coefficient (Wildman–Crippen LogP) is 1.03. The number of nitrogens with zero attached hydrogens (tertiary/aromatic N) is 6. The summed E-state index contributed by atoms with van der Waals surface area (Å²) in [4.78, 5) is 17.1. The average Bonchev–Trinajstić information content (AvgIpc) is 3.01. The highest BCUT2D eigenvalue weighted by Crippen LogP contribution is 2.17. The highest BCUT2D eigenvalue weighted by Gasteiger charge is 2.25. The molecule has 1 aliphatic rings. The van der Waals surface area contributed by atoms with E-state index in [2.05, 4.69) is 30.0 Å². The van der Waals surface area contributed by atoms with Gasteiger partial charge in [-0.1, -0.05) is 4.49 Å². The minimum Gasteiger partial charge on any atom is -0.369 e. The van der Waals surface area contributed by atoms with Crippen LogP contribution >= 0.6 is 11.5 Å². The average molecular weight is 333 g/mol.